The van der Waals surface area contributed by atoms with E-state index in [0.29, 0.717) is 29.4 Å². The van der Waals surface area contributed by atoms with Gasteiger partial charge >= 0.3 is 6.18 Å². The van der Waals surface area contributed by atoms with Crippen molar-refractivity contribution < 1.29 is 26.3 Å². The van der Waals surface area contributed by atoms with Gasteiger partial charge in [0.05, 0.1) is 5.69 Å². The predicted octanol–water partition coefficient (Wildman–Crippen LogP) is 4.60. The summed E-state index contributed by atoms with van der Waals surface area (Å²) in [4.78, 5) is 6.34. The van der Waals surface area contributed by atoms with Crippen LogP contribution in [0.25, 0.3) is 5.70 Å². The van der Waals surface area contributed by atoms with Gasteiger partial charge in [0.25, 0.3) is 0 Å². The third kappa shape index (κ3) is 6.62. The van der Waals surface area contributed by atoms with Crippen LogP contribution in [0.2, 0.25) is 0 Å². The average molecular weight is 490 g/mol. The maximum atomic E-state index is 12.8. The van der Waals surface area contributed by atoms with Crippen LogP contribution in [-0.2, 0) is 15.4 Å². The quantitative estimate of drug-likeness (QED) is 0.631. The monoisotopic (exact) mass is 489 g/mol. The Bertz CT molecular complexity index is 981. The molecule has 0 bridgehead atoms. The van der Waals surface area contributed by atoms with Crippen LogP contribution in [0.15, 0.2) is 18.2 Å². The first-order valence-electron chi connectivity index (χ1n) is 11.4. The standard InChI is InChI=1S/C23H34F3N3O3S/c1-15-19(33(27,30)31)12-18(29(15)13-16-8-6-5-7-9-16)17-10-20(22(2,3)4)28-21(11-17)32-14-23(24,25)26/h10-12,15-16,19H,5-9,13-14H2,1-4H3,(H2,27,30,31). The molecule has 1 saturated carbocycles. The molecule has 1 aromatic rings. The molecule has 33 heavy (non-hydrogen) atoms. The fourth-order valence-corrected chi connectivity index (χ4v) is 5.61. The third-order valence-electron chi connectivity index (χ3n) is 6.41. The highest BCUT2D eigenvalue weighted by Gasteiger charge is 2.39. The number of alkyl halides is 3. The third-order valence-corrected chi connectivity index (χ3v) is 7.70. The Labute approximate surface area is 194 Å². The molecule has 3 rings (SSSR count). The Morgan fingerprint density at radius 3 is 2.33 bits per heavy atom. The van der Waals surface area contributed by atoms with Crippen LogP contribution in [0.5, 0.6) is 5.88 Å². The molecule has 0 radical (unpaired) electrons. The molecule has 1 aliphatic heterocycles. The molecule has 1 fully saturated rings. The maximum Gasteiger partial charge on any atom is 0.422 e. The molecule has 0 spiro atoms. The zero-order valence-electron chi connectivity index (χ0n) is 19.7. The largest absolute Gasteiger partial charge is 0.468 e. The molecule has 10 heteroatoms. The summed E-state index contributed by atoms with van der Waals surface area (Å²) < 4.78 is 67.9. The van der Waals surface area contributed by atoms with Crippen molar-refractivity contribution in [3.63, 3.8) is 0 Å². The summed E-state index contributed by atoms with van der Waals surface area (Å²) in [5.74, 6) is 0.286. The lowest BCUT2D eigenvalue weighted by atomic mass is 9.88. The molecule has 1 aromatic heterocycles. The highest BCUT2D eigenvalue weighted by atomic mass is 32.2. The van der Waals surface area contributed by atoms with Crippen molar-refractivity contribution in [2.45, 2.75) is 82.7 Å². The van der Waals surface area contributed by atoms with E-state index >= 15 is 0 Å². The number of nitrogens with zero attached hydrogens (tertiary/aromatic N) is 2. The van der Waals surface area contributed by atoms with Crippen LogP contribution in [0.4, 0.5) is 13.2 Å². The summed E-state index contributed by atoms with van der Waals surface area (Å²) in [6, 6.07) is 2.87. The first kappa shape index (κ1) is 25.8. The molecule has 2 N–H and O–H groups in total. The van der Waals surface area contributed by atoms with E-state index in [-0.39, 0.29) is 11.9 Å². The van der Waals surface area contributed by atoms with Crippen LogP contribution in [0.1, 0.15) is 71.1 Å². The van der Waals surface area contributed by atoms with E-state index < -0.39 is 33.5 Å². The number of hydrogen-bond donors (Lipinski definition) is 1. The smallest absolute Gasteiger partial charge is 0.422 e. The molecule has 186 valence electrons. The molecule has 0 saturated heterocycles. The van der Waals surface area contributed by atoms with Crippen molar-refractivity contribution in [3.8, 4) is 5.88 Å². The molecule has 1 aliphatic carbocycles. The lowest BCUT2D eigenvalue weighted by Gasteiger charge is -2.34. The van der Waals surface area contributed by atoms with Crippen LogP contribution in [0.3, 0.4) is 0 Å². The molecule has 2 atom stereocenters. The SMILES string of the molecule is CC1C(S(N)(=O)=O)C=C(c2cc(OCC(F)(F)F)nc(C(C)(C)C)c2)N1CC1CCCCC1. The summed E-state index contributed by atoms with van der Waals surface area (Å²) in [6.07, 6.45) is 2.76. The minimum Gasteiger partial charge on any atom is -0.468 e. The number of pyridine rings is 1. The summed E-state index contributed by atoms with van der Waals surface area (Å²) in [5, 5.41) is 4.63. The van der Waals surface area contributed by atoms with Gasteiger partial charge in [-0.05, 0) is 37.8 Å². The van der Waals surface area contributed by atoms with E-state index in [4.69, 9.17) is 9.88 Å². The van der Waals surface area contributed by atoms with Crippen molar-refractivity contribution in [1.82, 2.24) is 9.88 Å². The van der Waals surface area contributed by atoms with E-state index in [0.717, 1.165) is 25.7 Å². The highest BCUT2D eigenvalue weighted by molar-refractivity contribution is 7.90. The Balaban J connectivity index is 2.04. The van der Waals surface area contributed by atoms with Gasteiger partial charge in [-0.25, -0.2) is 18.5 Å². The topological polar surface area (TPSA) is 85.5 Å². The normalized spacial score (nSPS) is 23.0. The van der Waals surface area contributed by atoms with Crippen molar-refractivity contribution in [3.05, 3.63) is 29.5 Å². The maximum absolute atomic E-state index is 12.8. The fraction of sp³-hybridized carbons (Fsp3) is 0.696. The van der Waals surface area contributed by atoms with Crippen molar-refractivity contribution in [2.24, 2.45) is 11.1 Å². The Hall–Kier alpha value is -1.81. The summed E-state index contributed by atoms with van der Waals surface area (Å²) in [6.45, 7) is 6.77. The van der Waals surface area contributed by atoms with Crippen molar-refractivity contribution in [2.75, 3.05) is 13.2 Å². The number of nitrogens with two attached hydrogens (primary N) is 1. The van der Waals surface area contributed by atoms with Crippen LogP contribution in [-0.4, -0.2) is 48.9 Å². The summed E-state index contributed by atoms with van der Waals surface area (Å²) in [7, 11) is -3.86. The Kier molecular flexibility index (Phi) is 7.39. The number of rotatable bonds is 6. The van der Waals surface area contributed by atoms with Crippen molar-refractivity contribution in [1.29, 1.82) is 0 Å². The van der Waals surface area contributed by atoms with Gasteiger partial charge in [0.1, 0.15) is 5.25 Å². The van der Waals surface area contributed by atoms with E-state index in [1.165, 1.54) is 12.5 Å². The molecule has 2 aliphatic rings. The molecule has 2 heterocycles. The van der Waals surface area contributed by atoms with Gasteiger partial charge in [-0.3, -0.25) is 0 Å². The lowest BCUT2D eigenvalue weighted by Crippen LogP contribution is -2.42. The second kappa shape index (κ2) is 9.44. The van der Waals surface area contributed by atoms with Gasteiger partial charge in [0, 0.05) is 35.3 Å². The number of aromatic nitrogens is 1. The minimum atomic E-state index is -4.49. The Morgan fingerprint density at radius 2 is 1.79 bits per heavy atom. The Morgan fingerprint density at radius 1 is 1.15 bits per heavy atom. The van der Waals surface area contributed by atoms with Gasteiger partial charge in [-0.2, -0.15) is 13.2 Å². The second-order valence-corrected chi connectivity index (χ2v) is 12.0. The van der Waals surface area contributed by atoms with Crippen molar-refractivity contribution >= 4 is 15.7 Å². The first-order chi connectivity index (χ1) is 15.1. The molecule has 6 nitrogen and oxygen atoms in total. The predicted molar refractivity (Wildman–Crippen MR) is 122 cm³/mol. The van der Waals surface area contributed by atoms with Crippen LogP contribution in [0, 0.1) is 5.92 Å². The number of halogens is 3. The summed E-state index contributed by atoms with van der Waals surface area (Å²) >= 11 is 0. The number of primary sulfonamides is 1. The van der Waals surface area contributed by atoms with Gasteiger partial charge in [-0.15, -0.1) is 0 Å². The molecule has 2 unspecified atom stereocenters. The van der Waals surface area contributed by atoms with Crippen LogP contribution < -0.4 is 9.88 Å². The molecular weight excluding hydrogens is 455 g/mol. The lowest BCUT2D eigenvalue weighted by molar-refractivity contribution is -0.154. The van der Waals surface area contributed by atoms with Gasteiger partial charge in [0.15, 0.2) is 6.61 Å². The van der Waals surface area contributed by atoms with E-state index in [2.05, 4.69) is 4.98 Å². The van der Waals surface area contributed by atoms with Gasteiger partial charge in [0.2, 0.25) is 15.9 Å². The highest BCUT2D eigenvalue weighted by Crippen LogP contribution is 2.38. The zero-order valence-corrected chi connectivity index (χ0v) is 20.5. The average Bonchev–Trinajstić information content (AvgIpc) is 3.02. The number of hydrogen-bond acceptors (Lipinski definition) is 5. The van der Waals surface area contributed by atoms with E-state index in [9.17, 15) is 21.6 Å². The number of ether oxygens (including phenoxy) is 1. The molecule has 0 amide bonds. The zero-order chi connectivity index (χ0) is 24.6. The molecule has 0 aromatic carbocycles. The first-order valence-corrected chi connectivity index (χ1v) is 13.0. The number of sulfonamides is 1. The minimum absolute atomic E-state index is 0.139. The van der Waals surface area contributed by atoms with Crippen LogP contribution >= 0.6 is 0 Å². The van der Waals surface area contributed by atoms with Gasteiger partial charge < -0.3 is 9.64 Å². The summed E-state index contributed by atoms with van der Waals surface area (Å²) in [5.41, 5.74) is 1.34. The van der Waals surface area contributed by atoms with E-state index in [1.807, 2.05) is 32.6 Å². The van der Waals surface area contributed by atoms with Gasteiger partial charge in [-0.1, -0.05) is 40.0 Å². The van der Waals surface area contributed by atoms with E-state index in [1.54, 1.807) is 12.1 Å². The molecular formula is C23H34F3N3O3S. The second-order valence-electron chi connectivity index (χ2n) is 10.2. The fourth-order valence-electron chi connectivity index (χ4n) is 4.60.